The molecule has 1 saturated heterocycles. The SMILES string of the molecule is CC1(C)OCCC(N)CO1. The van der Waals surface area contributed by atoms with Gasteiger partial charge in [0.2, 0.25) is 0 Å². The summed E-state index contributed by atoms with van der Waals surface area (Å²) in [4.78, 5) is 0. The number of hydrogen-bond donors (Lipinski definition) is 1. The van der Waals surface area contributed by atoms with Crippen LogP contribution in [-0.4, -0.2) is 25.0 Å². The van der Waals surface area contributed by atoms with Crippen molar-refractivity contribution in [3.05, 3.63) is 0 Å². The average molecular weight is 145 g/mol. The number of hydrogen-bond acceptors (Lipinski definition) is 3. The number of ether oxygens (including phenoxy) is 2. The highest BCUT2D eigenvalue weighted by molar-refractivity contribution is 4.66. The fourth-order valence-electron chi connectivity index (χ4n) is 0.889. The lowest BCUT2D eigenvalue weighted by atomic mass is 10.2. The van der Waals surface area contributed by atoms with Crippen LogP contribution in [0.15, 0.2) is 0 Å². The van der Waals surface area contributed by atoms with Crippen molar-refractivity contribution in [3.8, 4) is 0 Å². The lowest BCUT2D eigenvalue weighted by Gasteiger charge is -2.22. The highest BCUT2D eigenvalue weighted by Gasteiger charge is 2.23. The zero-order chi connectivity index (χ0) is 7.61. The molecule has 0 radical (unpaired) electrons. The van der Waals surface area contributed by atoms with Crippen LogP contribution in [0.5, 0.6) is 0 Å². The lowest BCUT2D eigenvalue weighted by Crippen LogP contribution is -2.30. The third-order valence-corrected chi connectivity index (χ3v) is 1.58. The molecule has 0 aromatic rings. The summed E-state index contributed by atoms with van der Waals surface area (Å²) in [6.45, 7) is 5.12. The second kappa shape index (κ2) is 2.86. The van der Waals surface area contributed by atoms with Crippen LogP contribution in [0, 0.1) is 0 Å². The standard InChI is InChI=1S/C7H15NO2/c1-7(2)9-4-3-6(8)5-10-7/h6H,3-5,8H2,1-2H3. The Hall–Kier alpha value is -0.120. The first-order chi connectivity index (χ1) is 4.60. The molecule has 0 aromatic carbocycles. The molecular weight excluding hydrogens is 130 g/mol. The Balaban J connectivity index is 2.41. The first-order valence-electron chi connectivity index (χ1n) is 3.64. The number of nitrogens with two attached hydrogens (primary N) is 1. The van der Waals surface area contributed by atoms with E-state index in [9.17, 15) is 0 Å². The first kappa shape index (κ1) is 7.98. The summed E-state index contributed by atoms with van der Waals surface area (Å²) in [5, 5.41) is 0. The van der Waals surface area contributed by atoms with Crippen LogP contribution in [0.2, 0.25) is 0 Å². The van der Waals surface area contributed by atoms with E-state index < -0.39 is 5.79 Å². The van der Waals surface area contributed by atoms with Crippen molar-refractivity contribution in [1.29, 1.82) is 0 Å². The van der Waals surface area contributed by atoms with E-state index in [0.717, 1.165) is 6.42 Å². The summed E-state index contributed by atoms with van der Waals surface area (Å²) >= 11 is 0. The van der Waals surface area contributed by atoms with Gasteiger partial charge < -0.3 is 15.2 Å². The molecule has 0 amide bonds. The summed E-state index contributed by atoms with van der Waals surface area (Å²) in [6.07, 6.45) is 0.892. The summed E-state index contributed by atoms with van der Waals surface area (Å²) in [6, 6.07) is 0.141. The maximum absolute atomic E-state index is 5.65. The van der Waals surface area contributed by atoms with Crippen molar-refractivity contribution < 1.29 is 9.47 Å². The molecule has 2 N–H and O–H groups in total. The van der Waals surface area contributed by atoms with Crippen LogP contribution in [-0.2, 0) is 9.47 Å². The van der Waals surface area contributed by atoms with Gasteiger partial charge in [0.05, 0.1) is 13.2 Å². The molecule has 1 atom stereocenters. The van der Waals surface area contributed by atoms with Gasteiger partial charge in [-0.3, -0.25) is 0 Å². The Morgan fingerprint density at radius 1 is 1.40 bits per heavy atom. The van der Waals surface area contributed by atoms with Gasteiger partial charge in [0, 0.05) is 6.04 Å². The first-order valence-corrected chi connectivity index (χ1v) is 3.64. The molecule has 1 unspecified atom stereocenters. The van der Waals surface area contributed by atoms with E-state index in [4.69, 9.17) is 15.2 Å². The van der Waals surface area contributed by atoms with Gasteiger partial charge in [-0.05, 0) is 20.3 Å². The second-order valence-electron chi connectivity index (χ2n) is 3.11. The smallest absolute Gasteiger partial charge is 0.162 e. The molecule has 3 nitrogen and oxygen atoms in total. The van der Waals surface area contributed by atoms with Gasteiger partial charge in [0.15, 0.2) is 5.79 Å². The van der Waals surface area contributed by atoms with E-state index in [2.05, 4.69) is 0 Å². The van der Waals surface area contributed by atoms with Crippen molar-refractivity contribution in [2.45, 2.75) is 32.1 Å². The normalized spacial score (nSPS) is 33.3. The molecular formula is C7H15NO2. The van der Waals surface area contributed by atoms with Crippen molar-refractivity contribution in [2.24, 2.45) is 5.73 Å². The van der Waals surface area contributed by atoms with Gasteiger partial charge >= 0.3 is 0 Å². The second-order valence-corrected chi connectivity index (χ2v) is 3.11. The van der Waals surface area contributed by atoms with Gasteiger partial charge in [-0.2, -0.15) is 0 Å². The molecule has 0 spiro atoms. The third-order valence-electron chi connectivity index (χ3n) is 1.58. The van der Waals surface area contributed by atoms with Crippen LogP contribution in [0.25, 0.3) is 0 Å². The van der Waals surface area contributed by atoms with E-state index in [1.807, 2.05) is 13.8 Å². The van der Waals surface area contributed by atoms with Gasteiger partial charge in [-0.15, -0.1) is 0 Å². The van der Waals surface area contributed by atoms with Gasteiger partial charge in [-0.1, -0.05) is 0 Å². The molecule has 3 heteroatoms. The van der Waals surface area contributed by atoms with Crippen LogP contribution in [0.3, 0.4) is 0 Å². The largest absolute Gasteiger partial charge is 0.350 e. The Morgan fingerprint density at radius 3 is 2.80 bits per heavy atom. The van der Waals surface area contributed by atoms with Crippen molar-refractivity contribution in [1.82, 2.24) is 0 Å². The summed E-state index contributed by atoms with van der Waals surface area (Å²) < 4.78 is 10.7. The van der Waals surface area contributed by atoms with Crippen molar-refractivity contribution >= 4 is 0 Å². The van der Waals surface area contributed by atoms with Crippen LogP contribution in [0.4, 0.5) is 0 Å². The Bertz CT molecular complexity index is 114. The number of rotatable bonds is 0. The molecule has 1 heterocycles. The van der Waals surface area contributed by atoms with E-state index in [-0.39, 0.29) is 6.04 Å². The Morgan fingerprint density at radius 2 is 2.10 bits per heavy atom. The van der Waals surface area contributed by atoms with Gasteiger partial charge in [-0.25, -0.2) is 0 Å². The molecule has 1 aliphatic heterocycles. The molecule has 1 aliphatic rings. The Labute approximate surface area is 61.5 Å². The van der Waals surface area contributed by atoms with Gasteiger partial charge in [0.1, 0.15) is 0 Å². The zero-order valence-corrected chi connectivity index (χ0v) is 6.59. The van der Waals surface area contributed by atoms with Crippen LogP contribution >= 0.6 is 0 Å². The third kappa shape index (κ3) is 2.25. The minimum absolute atomic E-state index is 0.141. The quantitative estimate of drug-likeness (QED) is 0.539. The van der Waals surface area contributed by atoms with Crippen LogP contribution < -0.4 is 5.73 Å². The molecule has 60 valence electrons. The average Bonchev–Trinajstić information content (AvgIpc) is 1.94. The molecule has 1 fully saturated rings. The molecule has 10 heavy (non-hydrogen) atoms. The monoisotopic (exact) mass is 145 g/mol. The highest BCUT2D eigenvalue weighted by atomic mass is 16.7. The van der Waals surface area contributed by atoms with Crippen LogP contribution in [0.1, 0.15) is 20.3 Å². The maximum atomic E-state index is 5.65. The minimum Gasteiger partial charge on any atom is -0.350 e. The summed E-state index contributed by atoms with van der Waals surface area (Å²) in [7, 11) is 0. The van der Waals surface area contributed by atoms with E-state index in [1.54, 1.807) is 0 Å². The lowest BCUT2D eigenvalue weighted by molar-refractivity contribution is -0.200. The predicted molar refractivity (Wildman–Crippen MR) is 38.6 cm³/mol. The summed E-state index contributed by atoms with van der Waals surface area (Å²) in [5.41, 5.74) is 5.65. The fourth-order valence-corrected chi connectivity index (χ4v) is 0.889. The van der Waals surface area contributed by atoms with Crippen molar-refractivity contribution in [3.63, 3.8) is 0 Å². The molecule has 1 rings (SSSR count). The molecule has 0 aromatic heterocycles. The zero-order valence-electron chi connectivity index (χ0n) is 6.59. The van der Waals surface area contributed by atoms with E-state index in [0.29, 0.717) is 13.2 Å². The van der Waals surface area contributed by atoms with E-state index in [1.165, 1.54) is 0 Å². The fraction of sp³-hybridized carbons (Fsp3) is 1.00. The highest BCUT2D eigenvalue weighted by Crippen LogP contribution is 2.15. The van der Waals surface area contributed by atoms with E-state index >= 15 is 0 Å². The molecule has 0 saturated carbocycles. The predicted octanol–water partition coefficient (Wildman–Crippen LogP) is 0.487. The molecule has 0 aliphatic carbocycles. The Kier molecular flexibility index (Phi) is 2.28. The topological polar surface area (TPSA) is 44.5 Å². The van der Waals surface area contributed by atoms with Crippen molar-refractivity contribution in [2.75, 3.05) is 13.2 Å². The van der Waals surface area contributed by atoms with Gasteiger partial charge in [0.25, 0.3) is 0 Å². The summed E-state index contributed by atoms with van der Waals surface area (Å²) in [5.74, 6) is -0.436. The maximum Gasteiger partial charge on any atom is 0.162 e. The molecule has 0 bridgehead atoms. The minimum atomic E-state index is -0.436.